The summed E-state index contributed by atoms with van der Waals surface area (Å²) in [6.07, 6.45) is 1.04. The van der Waals surface area contributed by atoms with Crippen LogP contribution in [-0.4, -0.2) is 53.7 Å². The number of nitrogens with zero attached hydrogens (tertiary/aromatic N) is 3. The summed E-state index contributed by atoms with van der Waals surface area (Å²) in [6, 6.07) is 0. The van der Waals surface area contributed by atoms with E-state index in [0.717, 1.165) is 11.4 Å². The Balaban J connectivity index is 1.88. The van der Waals surface area contributed by atoms with Crippen molar-refractivity contribution >= 4 is 28.3 Å². The standard InChI is InChI=1S/C12H18N4O3S/c1-3-9-14-15-12(20-9)13-11(18)8-6-10(17)16(7-8)4-5-19-2/h8H,3-7H2,1-2H3,(H,13,15,18). The van der Waals surface area contributed by atoms with Crippen LogP contribution in [0, 0.1) is 5.92 Å². The van der Waals surface area contributed by atoms with Crippen molar-refractivity contribution in [1.29, 1.82) is 0 Å². The van der Waals surface area contributed by atoms with Gasteiger partial charge in [0.2, 0.25) is 16.9 Å². The van der Waals surface area contributed by atoms with Crippen molar-refractivity contribution in [1.82, 2.24) is 15.1 Å². The van der Waals surface area contributed by atoms with Crippen LogP contribution in [0.5, 0.6) is 0 Å². The van der Waals surface area contributed by atoms with E-state index in [9.17, 15) is 9.59 Å². The van der Waals surface area contributed by atoms with E-state index >= 15 is 0 Å². The molecule has 1 atom stereocenters. The molecule has 2 amide bonds. The number of hydrogen-bond donors (Lipinski definition) is 1. The molecule has 1 aromatic rings. The molecule has 110 valence electrons. The zero-order valence-corrected chi connectivity index (χ0v) is 12.4. The van der Waals surface area contributed by atoms with Crippen molar-refractivity contribution in [3.05, 3.63) is 5.01 Å². The first kappa shape index (κ1) is 14.9. The van der Waals surface area contributed by atoms with Gasteiger partial charge in [-0.05, 0) is 6.42 Å². The third-order valence-corrected chi connectivity index (χ3v) is 4.13. The zero-order chi connectivity index (χ0) is 14.5. The second-order valence-electron chi connectivity index (χ2n) is 4.58. The van der Waals surface area contributed by atoms with Crippen molar-refractivity contribution in [3.8, 4) is 0 Å². The lowest BCUT2D eigenvalue weighted by atomic mass is 10.1. The van der Waals surface area contributed by atoms with Gasteiger partial charge in [-0.1, -0.05) is 18.3 Å². The number of ether oxygens (including phenoxy) is 1. The van der Waals surface area contributed by atoms with Gasteiger partial charge in [0.1, 0.15) is 5.01 Å². The van der Waals surface area contributed by atoms with Gasteiger partial charge in [-0.25, -0.2) is 0 Å². The Bertz CT molecular complexity index is 491. The fourth-order valence-electron chi connectivity index (χ4n) is 2.02. The zero-order valence-electron chi connectivity index (χ0n) is 11.6. The van der Waals surface area contributed by atoms with Crippen LogP contribution in [0.3, 0.4) is 0 Å². The van der Waals surface area contributed by atoms with Gasteiger partial charge in [0.05, 0.1) is 12.5 Å². The van der Waals surface area contributed by atoms with Crippen LogP contribution < -0.4 is 5.32 Å². The molecule has 1 aromatic heterocycles. The Morgan fingerprint density at radius 1 is 1.55 bits per heavy atom. The first-order chi connectivity index (χ1) is 9.63. The molecule has 1 unspecified atom stereocenters. The highest BCUT2D eigenvalue weighted by Gasteiger charge is 2.34. The molecule has 1 fully saturated rings. The normalized spacial score (nSPS) is 18.6. The van der Waals surface area contributed by atoms with E-state index in [1.165, 1.54) is 11.3 Å². The molecular formula is C12H18N4O3S. The average Bonchev–Trinajstić information content (AvgIpc) is 3.03. The molecule has 7 nitrogen and oxygen atoms in total. The second-order valence-corrected chi connectivity index (χ2v) is 5.64. The largest absolute Gasteiger partial charge is 0.383 e. The van der Waals surface area contributed by atoms with Crippen LogP contribution in [-0.2, 0) is 20.7 Å². The molecule has 0 bridgehead atoms. The van der Waals surface area contributed by atoms with Crippen molar-refractivity contribution in [2.45, 2.75) is 19.8 Å². The highest BCUT2D eigenvalue weighted by molar-refractivity contribution is 7.15. The molecule has 0 spiro atoms. The molecule has 1 aliphatic rings. The Morgan fingerprint density at radius 2 is 2.35 bits per heavy atom. The highest BCUT2D eigenvalue weighted by atomic mass is 32.1. The van der Waals surface area contributed by atoms with Crippen LogP contribution in [0.4, 0.5) is 5.13 Å². The number of aryl methyl sites for hydroxylation is 1. The topological polar surface area (TPSA) is 84.4 Å². The number of nitrogens with one attached hydrogen (secondary N) is 1. The second kappa shape index (κ2) is 6.76. The number of carbonyl (C=O) groups is 2. The third-order valence-electron chi connectivity index (χ3n) is 3.15. The Kier molecular flexibility index (Phi) is 5.02. The van der Waals surface area contributed by atoms with Crippen molar-refractivity contribution in [2.75, 3.05) is 32.1 Å². The van der Waals surface area contributed by atoms with Gasteiger partial charge in [0, 0.05) is 26.6 Å². The van der Waals surface area contributed by atoms with E-state index in [1.807, 2.05) is 6.92 Å². The summed E-state index contributed by atoms with van der Waals surface area (Å²) in [7, 11) is 1.59. The van der Waals surface area contributed by atoms with Gasteiger partial charge in [-0.15, -0.1) is 10.2 Å². The van der Waals surface area contributed by atoms with Crippen LogP contribution in [0.2, 0.25) is 0 Å². The fourth-order valence-corrected chi connectivity index (χ4v) is 2.70. The summed E-state index contributed by atoms with van der Waals surface area (Å²) < 4.78 is 4.95. The molecule has 8 heteroatoms. The van der Waals surface area contributed by atoms with Gasteiger partial charge in [0.25, 0.3) is 0 Å². The Morgan fingerprint density at radius 3 is 3.00 bits per heavy atom. The van der Waals surface area contributed by atoms with E-state index in [-0.39, 0.29) is 24.2 Å². The molecule has 2 heterocycles. The summed E-state index contributed by atoms with van der Waals surface area (Å²) in [5, 5.41) is 12.0. The van der Waals surface area contributed by atoms with Crippen LogP contribution in [0.25, 0.3) is 0 Å². The van der Waals surface area contributed by atoms with Crippen LogP contribution in [0.1, 0.15) is 18.4 Å². The molecule has 0 radical (unpaired) electrons. The SMILES string of the molecule is CCc1nnc(NC(=O)C2CC(=O)N(CCOC)C2)s1. The van der Waals surface area contributed by atoms with Gasteiger partial charge >= 0.3 is 0 Å². The Hall–Kier alpha value is -1.54. The van der Waals surface area contributed by atoms with Crippen molar-refractivity contribution < 1.29 is 14.3 Å². The van der Waals surface area contributed by atoms with E-state index in [2.05, 4.69) is 15.5 Å². The first-order valence-electron chi connectivity index (χ1n) is 6.54. The van der Waals surface area contributed by atoms with Crippen molar-refractivity contribution in [2.24, 2.45) is 5.92 Å². The van der Waals surface area contributed by atoms with Crippen molar-refractivity contribution in [3.63, 3.8) is 0 Å². The summed E-state index contributed by atoms with van der Waals surface area (Å²) >= 11 is 1.36. The predicted molar refractivity (Wildman–Crippen MR) is 74.5 cm³/mol. The summed E-state index contributed by atoms with van der Waals surface area (Å²) in [5.74, 6) is -0.501. The van der Waals surface area contributed by atoms with Crippen LogP contribution in [0.15, 0.2) is 0 Å². The first-order valence-corrected chi connectivity index (χ1v) is 7.35. The van der Waals surface area contributed by atoms with Gasteiger partial charge in [-0.2, -0.15) is 0 Å². The predicted octanol–water partition coefficient (Wildman–Crippen LogP) is 0.534. The molecule has 1 N–H and O–H groups in total. The van der Waals surface area contributed by atoms with Gasteiger partial charge < -0.3 is 15.0 Å². The lowest BCUT2D eigenvalue weighted by Gasteiger charge is -2.15. The summed E-state index contributed by atoms with van der Waals surface area (Å²) in [6.45, 7) is 3.43. The van der Waals surface area contributed by atoms with E-state index in [0.29, 0.717) is 24.8 Å². The lowest BCUT2D eigenvalue weighted by Crippen LogP contribution is -2.30. The van der Waals surface area contributed by atoms with Gasteiger partial charge in [-0.3, -0.25) is 9.59 Å². The number of anilines is 1. The minimum absolute atomic E-state index is 0.00582. The van der Waals surface area contributed by atoms with E-state index in [1.54, 1.807) is 12.0 Å². The van der Waals surface area contributed by atoms with Gasteiger partial charge in [0.15, 0.2) is 0 Å². The molecule has 1 aliphatic heterocycles. The number of amides is 2. The third kappa shape index (κ3) is 3.51. The molecule has 2 rings (SSSR count). The molecule has 0 aromatic carbocycles. The summed E-state index contributed by atoms with van der Waals surface area (Å²) in [4.78, 5) is 25.5. The highest BCUT2D eigenvalue weighted by Crippen LogP contribution is 2.21. The lowest BCUT2D eigenvalue weighted by molar-refractivity contribution is -0.128. The maximum Gasteiger partial charge on any atom is 0.231 e. The van der Waals surface area contributed by atoms with E-state index in [4.69, 9.17) is 4.74 Å². The number of methoxy groups -OCH3 is 1. The van der Waals surface area contributed by atoms with Crippen LogP contribution >= 0.6 is 11.3 Å². The number of aromatic nitrogens is 2. The average molecular weight is 298 g/mol. The number of rotatable bonds is 6. The number of hydrogen-bond acceptors (Lipinski definition) is 6. The molecule has 20 heavy (non-hydrogen) atoms. The molecular weight excluding hydrogens is 280 g/mol. The maximum absolute atomic E-state index is 12.1. The minimum atomic E-state index is -0.326. The minimum Gasteiger partial charge on any atom is -0.383 e. The van der Waals surface area contributed by atoms with E-state index < -0.39 is 0 Å². The maximum atomic E-state index is 12.1. The molecule has 1 saturated heterocycles. The summed E-state index contributed by atoms with van der Waals surface area (Å²) in [5.41, 5.74) is 0. The number of likely N-dealkylation sites (tertiary alicyclic amines) is 1. The Labute approximate surface area is 121 Å². The molecule has 0 saturated carbocycles. The fraction of sp³-hybridized carbons (Fsp3) is 0.667. The number of carbonyl (C=O) groups excluding carboxylic acids is 2. The smallest absolute Gasteiger partial charge is 0.231 e. The molecule has 0 aliphatic carbocycles. The monoisotopic (exact) mass is 298 g/mol. The quantitative estimate of drug-likeness (QED) is 0.828.